The van der Waals surface area contributed by atoms with E-state index < -0.39 is 58.8 Å². The summed E-state index contributed by atoms with van der Waals surface area (Å²) in [5.41, 5.74) is -6.64. The van der Waals surface area contributed by atoms with Crippen molar-refractivity contribution in [1.82, 2.24) is 9.80 Å². The van der Waals surface area contributed by atoms with Crippen molar-refractivity contribution in [3.05, 3.63) is 104 Å². The number of carbonyl (C=O) groups excluding carboxylic acids is 2. The van der Waals surface area contributed by atoms with Gasteiger partial charge in [-0.2, -0.15) is 52.7 Å². The highest BCUT2D eigenvalue weighted by molar-refractivity contribution is 7.17. The second-order valence-corrected chi connectivity index (χ2v) is 20.8. The van der Waals surface area contributed by atoms with E-state index in [2.05, 4.69) is 13.8 Å². The number of carbonyl (C=O) groups is 2. The maximum atomic E-state index is 15.0. The zero-order valence-electron chi connectivity index (χ0n) is 40.4. The van der Waals surface area contributed by atoms with E-state index in [9.17, 15) is 52.7 Å². The molecule has 4 aromatic rings. The molecule has 394 valence electrons. The van der Waals surface area contributed by atoms with Crippen LogP contribution in [0.25, 0.3) is 32.3 Å². The van der Waals surface area contributed by atoms with E-state index in [0.717, 1.165) is 113 Å². The van der Waals surface area contributed by atoms with E-state index in [1.54, 1.807) is 0 Å². The predicted octanol–water partition coefficient (Wildman–Crippen LogP) is 18.9. The summed E-state index contributed by atoms with van der Waals surface area (Å²) in [5, 5.41) is 0. The summed E-state index contributed by atoms with van der Waals surface area (Å²) in [6.07, 6.45) is -1.00. The first-order chi connectivity index (χ1) is 34.0. The van der Waals surface area contributed by atoms with Gasteiger partial charge < -0.3 is 9.80 Å². The van der Waals surface area contributed by atoms with Crippen LogP contribution < -0.4 is 0 Å². The van der Waals surface area contributed by atoms with Crippen molar-refractivity contribution < 1.29 is 62.3 Å². The van der Waals surface area contributed by atoms with Crippen LogP contribution in [-0.2, 0) is 34.3 Å². The van der Waals surface area contributed by atoms with Crippen molar-refractivity contribution >= 4 is 45.9 Å². The van der Waals surface area contributed by atoms with Gasteiger partial charge in [-0.3, -0.25) is 9.59 Å². The SMILES string of the molecule is CCCCCCCCCCCCN1C(=O)C2=C(c3ccc(-c4cc(C(F)(F)F)cc(C(F)(F)F)c4)s3)N(CCCCCCCCCCCC)C(=O)C2=C1c1ccc(-c2cc(C(F)(F)F)cc(C(F)(F)F)c2)s1. The molecule has 0 unspecified atom stereocenters. The number of fused-ring (bicyclic) bond motifs is 1. The van der Waals surface area contributed by atoms with Gasteiger partial charge in [0.2, 0.25) is 0 Å². The number of hydrogen-bond donors (Lipinski definition) is 0. The van der Waals surface area contributed by atoms with E-state index >= 15 is 9.59 Å². The maximum Gasteiger partial charge on any atom is 0.416 e. The lowest BCUT2D eigenvalue weighted by molar-refractivity contribution is -0.144. The fraction of sp³-hybridized carbons (Fsp3) is 0.519. The van der Waals surface area contributed by atoms with Crippen LogP contribution in [0, 0.1) is 0 Å². The topological polar surface area (TPSA) is 40.6 Å². The first-order valence-electron chi connectivity index (χ1n) is 25.0. The highest BCUT2D eigenvalue weighted by Crippen LogP contribution is 2.51. The third-order valence-electron chi connectivity index (χ3n) is 13.1. The molecule has 0 radical (unpaired) electrons. The molecule has 2 amide bonds. The van der Waals surface area contributed by atoms with Crippen molar-refractivity contribution in [2.75, 3.05) is 13.1 Å². The second kappa shape index (κ2) is 24.6. The Bertz CT molecular complexity index is 2310. The molecule has 2 aromatic heterocycles. The van der Waals surface area contributed by atoms with Gasteiger partial charge in [-0.05, 0) is 84.6 Å². The van der Waals surface area contributed by atoms with Crippen LogP contribution >= 0.6 is 22.7 Å². The Kier molecular flexibility index (Phi) is 19.4. The smallest absolute Gasteiger partial charge is 0.306 e. The van der Waals surface area contributed by atoms with Gasteiger partial charge in [0.15, 0.2) is 0 Å². The Morgan fingerprint density at radius 3 is 0.875 bits per heavy atom. The summed E-state index contributed by atoms with van der Waals surface area (Å²) in [6, 6.07) is 8.08. The van der Waals surface area contributed by atoms with E-state index in [1.807, 2.05) is 0 Å². The van der Waals surface area contributed by atoms with Gasteiger partial charge >= 0.3 is 24.7 Å². The maximum absolute atomic E-state index is 15.0. The Morgan fingerprint density at radius 2 is 0.611 bits per heavy atom. The first-order valence-corrected chi connectivity index (χ1v) is 26.6. The molecule has 4 heterocycles. The van der Waals surface area contributed by atoms with Crippen molar-refractivity contribution in [2.24, 2.45) is 0 Å². The minimum Gasteiger partial charge on any atom is -0.306 e. The van der Waals surface area contributed by atoms with E-state index in [1.165, 1.54) is 46.9 Å². The normalized spacial score (nSPS) is 14.8. The van der Waals surface area contributed by atoms with Crippen LogP contribution in [-0.4, -0.2) is 34.7 Å². The summed E-state index contributed by atoms with van der Waals surface area (Å²) in [7, 11) is 0. The standard InChI is InChI=1S/C54H60F12N2O2S2/c1-3-5-7-9-11-13-15-17-19-21-27-67-47(43-25-23-41(71-43)35-29-37(51(55,56)57)33-38(30-35)52(58,59)60)45-46(49(67)69)48(68(50(45)70)28-22-20-18-16-14-12-10-8-6-4-2)44-26-24-42(72-44)36-31-39(53(61,62)63)34-40(32-36)54(64,65)66/h23-26,29-34H,3-22,27-28H2,1-2H3. The van der Waals surface area contributed by atoms with Crippen LogP contribution in [0.3, 0.4) is 0 Å². The minimum absolute atomic E-state index is 0.00793. The third-order valence-corrected chi connectivity index (χ3v) is 15.4. The highest BCUT2D eigenvalue weighted by atomic mass is 32.1. The quantitative estimate of drug-likeness (QED) is 0.0464. The number of amides is 2. The summed E-state index contributed by atoms with van der Waals surface area (Å²) in [6.45, 7) is 4.49. The van der Waals surface area contributed by atoms with Crippen LogP contribution in [0.15, 0.2) is 71.8 Å². The number of alkyl halides is 12. The summed E-state index contributed by atoms with van der Waals surface area (Å²) in [4.78, 5) is 33.3. The molecule has 6 rings (SSSR count). The molecule has 0 spiro atoms. The van der Waals surface area contributed by atoms with Crippen molar-refractivity contribution in [3.8, 4) is 20.9 Å². The molecule has 2 aromatic carbocycles. The van der Waals surface area contributed by atoms with E-state index in [4.69, 9.17) is 0 Å². The van der Waals surface area contributed by atoms with Crippen molar-refractivity contribution in [3.63, 3.8) is 0 Å². The van der Waals surface area contributed by atoms with Crippen LogP contribution in [0.5, 0.6) is 0 Å². The van der Waals surface area contributed by atoms with Gasteiger partial charge in [0.1, 0.15) is 0 Å². The van der Waals surface area contributed by atoms with Crippen LogP contribution in [0.1, 0.15) is 174 Å². The van der Waals surface area contributed by atoms with E-state index in [0.29, 0.717) is 49.9 Å². The number of thiophene rings is 2. The Hall–Kier alpha value is -4.58. The Morgan fingerprint density at radius 1 is 0.361 bits per heavy atom. The Balaban J connectivity index is 1.42. The summed E-state index contributed by atoms with van der Waals surface area (Å²) >= 11 is 1.63. The third kappa shape index (κ3) is 14.4. The molecule has 2 aliphatic rings. The minimum atomic E-state index is -5.11. The molecule has 0 saturated carbocycles. The number of nitrogens with zero attached hydrogens (tertiary/aromatic N) is 2. The van der Waals surface area contributed by atoms with Gasteiger partial charge in [-0.25, -0.2) is 0 Å². The molecule has 0 bridgehead atoms. The fourth-order valence-corrected chi connectivity index (χ4v) is 11.4. The lowest BCUT2D eigenvalue weighted by Crippen LogP contribution is -2.30. The molecule has 0 N–H and O–H groups in total. The largest absolute Gasteiger partial charge is 0.416 e. The molecular formula is C54H60F12N2O2S2. The highest BCUT2D eigenvalue weighted by Gasteiger charge is 2.49. The molecule has 0 aliphatic carbocycles. The molecule has 0 saturated heterocycles. The Labute approximate surface area is 421 Å². The monoisotopic (exact) mass is 1060 g/mol. The molecule has 72 heavy (non-hydrogen) atoms. The average molecular weight is 1060 g/mol. The van der Waals surface area contributed by atoms with E-state index in [-0.39, 0.29) is 78.4 Å². The van der Waals surface area contributed by atoms with Gasteiger partial charge in [-0.1, -0.05) is 129 Å². The number of benzene rings is 2. The predicted molar refractivity (Wildman–Crippen MR) is 260 cm³/mol. The average Bonchev–Trinajstić information content (AvgIpc) is 4.11. The number of halogens is 12. The molecule has 2 aliphatic heterocycles. The summed E-state index contributed by atoms with van der Waals surface area (Å²) in [5.74, 6) is -1.21. The van der Waals surface area contributed by atoms with Gasteiger partial charge in [0.25, 0.3) is 11.8 Å². The molecule has 0 fully saturated rings. The molecule has 0 atom stereocenters. The molecular weight excluding hydrogens is 1000 g/mol. The second-order valence-electron chi connectivity index (χ2n) is 18.6. The van der Waals surface area contributed by atoms with Gasteiger partial charge in [0, 0.05) is 22.8 Å². The fourth-order valence-electron chi connectivity index (χ4n) is 9.28. The number of rotatable bonds is 26. The zero-order valence-corrected chi connectivity index (χ0v) is 42.0. The van der Waals surface area contributed by atoms with Crippen LogP contribution in [0.2, 0.25) is 0 Å². The van der Waals surface area contributed by atoms with Gasteiger partial charge in [-0.15, -0.1) is 22.7 Å². The van der Waals surface area contributed by atoms with Gasteiger partial charge in [0.05, 0.1) is 54.5 Å². The number of unbranched alkanes of at least 4 members (excludes halogenated alkanes) is 18. The summed E-state index contributed by atoms with van der Waals surface area (Å²) < 4.78 is 168. The lowest BCUT2D eigenvalue weighted by Gasteiger charge is -2.24. The van der Waals surface area contributed by atoms with Crippen molar-refractivity contribution in [1.29, 1.82) is 0 Å². The molecule has 4 nitrogen and oxygen atoms in total. The first kappa shape index (κ1) is 56.7. The van der Waals surface area contributed by atoms with Crippen molar-refractivity contribution in [2.45, 2.75) is 167 Å². The number of hydrogen-bond acceptors (Lipinski definition) is 4. The zero-order chi connectivity index (χ0) is 52.4. The lowest BCUT2D eigenvalue weighted by atomic mass is 10.0. The molecule has 18 heteroatoms. The van der Waals surface area contributed by atoms with Crippen LogP contribution in [0.4, 0.5) is 52.7 Å².